The Balaban J connectivity index is 1.45. The zero-order chi connectivity index (χ0) is 37.6. The lowest BCUT2D eigenvalue weighted by Crippen LogP contribution is -2.64. The zero-order valence-corrected chi connectivity index (χ0v) is 30.1. The van der Waals surface area contributed by atoms with Crippen LogP contribution in [0.25, 0.3) is 0 Å². The third-order valence-electron chi connectivity index (χ3n) is 9.64. The van der Waals surface area contributed by atoms with Gasteiger partial charge < -0.3 is 39.3 Å². The van der Waals surface area contributed by atoms with Gasteiger partial charge in [-0.2, -0.15) is 0 Å². The van der Waals surface area contributed by atoms with Gasteiger partial charge in [-0.3, -0.25) is 0 Å². The topological polar surface area (TPSA) is 148 Å². The summed E-state index contributed by atoms with van der Waals surface area (Å²) in [7, 11) is 4.72. The smallest absolute Gasteiger partial charge is 0.459 e. The number of hydrogen-bond donors (Lipinski definition) is 2. The number of rotatable bonds is 14. The largest absolute Gasteiger partial charge is 0.497 e. The molecule has 2 heterocycles. The molecule has 0 radical (unpaired) electrons. The van der Waals surface area contributed by atoms with Crippen molar-refractivity contribution in [3.05, 3.63) is 143 Å². The second kappa shape index (κ2) is 16.2. The lowest BCUT2D eigenvalue weighted by atomic mass is 9.80. The number of imide groups is 1. The average Bonchev–Trinajstić information content (AvgIpc) is 3.52. The summed E-state index contributed by atoms with van der Waals surface area (Å²) in [5, 5.41) is 12.0. The summed E-state index contributed by atoms with van der Waals surface area (Å²) in [6.45, 7) is 1.68. The zero-order valence-electron chi connectivity index (χ0n) is 30.1. The van der Waals surface area contributed by atoms with Crippen LogP contribution < -0.4 is 15.2 Å². The fourth-order valence-electron chi connectivity index (χ4n) is 6.85. The van der Waals surface area contributed by atoms with Gasteiger partial charge in [-0.1, -0.05) is 72.8 Å². The van der Waals surface area contributed by atoms with E-state index >= 15 is 0 Å². The number of nitrogens with two attached hydrogens (primary N) is 1. The van der Waals surface area contributed by atoms with Crippen LogP contribution in [0.15, 0.2) is 126 Å². The minimum atomic E-state index is -1.38. The number of methoxy groups -OCH3 is 3. The highest BCUT2D eigenvalue weighted by molar-refractivity contribution is 6.07. The molecule has 2 aliphatic rings. The summed E-state index contributed by atoms with van der Waals surface area (Å²) in [6.07, 6.45) is -3.59. The van der Waals surface area contributed by atoms with E-state index in [4.69, 9.17) is 34.2 Å². The molecular formula is C41H44N3O9+. The number of amides is 3. The Morgan fingerprint density at radius 2 is 1.38 bits per heavy atom. The highest BCUT2D eigenvalue weighted by Gasteiger charge is 2.63. The molecule has 3 amide bonds. The Morgan fingerprint density at radius 1 is 0.830 bits per heavy atom. The Hall–Kier alpha value is -5.21. The van der Waals surface area contributed by atoms with E-state index in [0.29, 0.717) is 17.1 Å². The molecule has 4 aromatic carbocycles. The third kappa shape index (κ3) is 7.12. The third-order valence-corrected chi connectivity index (χ3v) is 9.64. The lowest BCUT2D eigenvalue weighted by molar-refractivity contribution is -0.777. The van der Waals surface area contributed by atoms with Crippen molar-refractivity contribution in [1.29, 1.82) is 0 Å². The number of benzene rings is 4. The van der Waals surface area contributed by atoms with Crippen molar-refractivity contribution >= 4 is 17.8 Å². The number of ether oxygens (including phenoxy) is 6. The molecule has 5 atom stereocenters. The molecule has 1 fully saturated rings. The highest BCUT2D eigenvalue weighted by Crippen LogP contribution is 2.43. The van der Waals surface area contributed by atoms with Crippen molar-refractivity contribution in [3.8, 4) is 11.5 Å². The summed E-state index contributed by atoms with van der Waals surface area (Å²) >= 11 is 0. The molecule has 4 aromatic rings. The van der Waals surface area contributed by atoms with E-state index in [1.807, 2.05) is 78.9 Å². The molecule has 0 spiro atoms. The molecule has 0 aliphatic carbocycles. The molecular weight excluding hydrogens is 678 g/mol. The van der Waals surface area contributed by atoms with Crippen LogP contribution in [0.3, 0.4) is 0 Å². The molecule has 1 unspecified atom stereocenters. The van der Waals surface area contributed by atoms with Crippen molar-refractivity contribution in [2.45, 2.75) is 37.1 Å². The van der Waals surface area contributed by atoms with Gasteiger partial charge in [0.25, 0.3) is 0 Å². The van der Waals surface area contributed by atoms with Crippen LogP contribution in [-0.2, 0) is 24.5 Å². The number of nitrogens with zero attached hydrogens (tertiary/aromatic N) is 2. The molecule has 12 nitrogen and oxygen atoms in total. The minimum absolute atomic E-state index is 0.0217. The standard InChI is InChI=1S/C41H43N3O9/c1-27-25-44(40(47)43-37(27)42,38(46)28-11-7-5-8-12-28)39-36(51-24-23-48-2)35(45)34(53-39)26-52-41(29-13-9-6-10-14-29,30-15-19-32(49-3)20-16-30)31-17-21-33(50-4)22-18-31/h5-22,25,34-36,39,45H,23-24,26H2,1-4H3,(H-,42,43,47)/p+1/t34-,35-,36-,39-,44?/m1/s1. The Morgan fingerprint density at radius 3 is 1.92 bits per heavy atom. The maximum absolute atomic E-state index is 14.5. The SMILES string of the molecule is COCCO[C@@H]1[C@H](O)[C@@H](COC(c2ccccc2)(c2ccc(OC)cc2)c2ccc(OC)cc2)O[C@H]1[N+]1(C(=O)c2ccccc2)C=C(C)C(N)=NC1=O. The molecule has 0 saturated carbocycles. The van der Waals surface area contributed by atoms with Crippen LogP contribution in [0.1, 0.15) is 34.0 Å². The van der Waals surface area contributed by atoms with Crippen LogP contribution in [0.4, 0.5) is 4.79 Å². The van der Waals surface area contributed by atoms with E-state index in [1.54, 1.807) is 51.5 Å². The summed E-state index contributed by atoms with van der Waals surface area (Å²) in [6, 6.07) is 32.2. The number of carbonyl (C=O) groups excluding carboxylic acids is 2. The monoisotopic (exact) mass is 722 g/mol. The normalized spacial score (nSPS) is 22.9. The van der Waals surface area contributed by atoms with Crippen LogP contribution in [-0.4, -0.2) is 93.1 Å². The predicted octanol–water partition coefficient (Wildman–Crippen LogP) is 5.18. The number of aliphatic hydroxyl groups is 1. The van der Waals surface area contributed by atoms with E-state index in [0.717, 1.165) is 16.7 Å². The van der Waals surface area contributed by atoms with Gasteiger partial charge in [0.1, 0.15) is 41.3 Å². The van der Waals surface area contributed by atoms with E-state index in [1.165, 1.54) is 13.3 Å². The summed E-state index contributed by atoms with van der Waals surface area (Å²) in [5.41, 5.74) is 7.79. The molecule has 276 valence electrons. The minimum Gasteiger partial charge on any atom is -0.497 e. The maximum atomic E-state index is 14.5. The average molecular weight is 723 g/mol. The van der Waals surface area contributed by atoms with E-state index < -0.39 is 46.6 Å². The molecule has 0 aromatic heterocycles. The van der Waals surface area contributed by atoms with Crippen molar-refractivity contribution in [2.75, 3.05) is 41.2 Å². The molecule has 12 heteroatoms. The Labute approximate surface area is 308 Å². The number of hydrogen-bond acceptors (Lipinski definition) is 10. The summed E-state index contributed by atoms with van der Waals surface area (Å²) in [4.78, 5) is 32.7. The molecule has 3 N–H and O–H groups in total. The van der Waals surface area contributed by atoms with Crippen molar-refractivity contribution in [1.82, 2.24) is 0 Å². The number of carbonyl (C=O) groups is 2. The maximum Gasteiger partial charge on any atom is 0.459 e. The van der Waals surface area contributed by atoms with Crippen LogP contribution in [0.2, 0.25) is 0 Å². The van der Waals surface area contributed by atoms with E-state index in [9.17, 15) is 14.7 Å². The molecule has 2 aliphatic heterocycles. The van der Waals surface area contributed by atoms with Gasteiger partial charge >= 0.3 is 11.9 Å². The number of aliphatic hydroxyl groups excluding tert-OH is 1. The second-order valence-corrected chi connectivity index (χ2v) is 12.7. The van der Waals surface area contributed by atoms with Gasteiger partial charge in [0.15, 0.2) is 6.10 Å². The van der Waals surface area contributed by atoms with Crippen LogP contribution in [0.5, 0.6) is 11.5 Å². The molecule has 53 heavy (non-hydrogen) atoms. The van der Waals surface area contributed by atoms with Crippen molar-refractivity contribution in [2.24, 2.45) is 10.7 Å². The Kier molecular flexibility index (Phi) is 11.5. The highest BCUT2D eigenvalue weighted by atomic mass is 16.6. The van der Waals surface area contributed by atoms with Gasteiger partial charge in [-0.15, -0.1) is 9.48 Å². The van der Waals surface area contributed by atoms with E-state index in [-0.39, 0.29) is 31.2 Å². The van der Waals surface area contributed by atoms with Crippen molar-refractivity contribution < 1.29 is 47.6 Å². The van der Waals surface area contributed by atoms with E-state index in [2.05, 4.69) is 4.99 Å². The first kappa shape index (κ1) is 37.5. The van der Waals surface area contributed by atoms with Gasteiger partial charge in [0.2, 0.25) is 6.23 Å². The Bertz CT molecular complexity index is 1890. The number of amidine groups is 1. The molecule has 0 bridgehead atoms. The lowest BCUT2D eigenvalue weighted by Gasteiger charge is -2.37. The van der Waals surface area contributed by atoms with Crippen LogP contribution in [0, 0.1) is 0 Å². The van der Waals surface area contributed by atoms with Crippen LogP contribution >= 0.6 is 0 Å². The number of aliphatic imine (C=N–C) groups is 1. The first-order chi connectivity index (χ1) is 25.7. The summed E-state index contributed by atoms with van der Waals surface area (Å²) < 4.78 is 35.0. The second-order valence-electron chi connectivity index (χ2n) is 12.7. The number of quaternary nitrogens is 1. The fraction of sp³-hybridized carbons (Fsp3) is 0.293. The quantitative estimate of drug-likeness (QED) is 0.101. The number of urea groups is 1. The first-order valence-electron chi connectivity index (χ1n) is 17.2. The fourth-order valence-corrected chi connectivity index (χ4v) is 6.85. The summed E-state index contributed by atoms with van der Waals surface area (Å²) in [5.74, 6) is 0.676. The molecule has 6 rings (SSSR count). The predicted molar refractivity (Wildman–Crippen MR) is 196 cm³/mol. The van der Waals surface area contributed by atoms with Gasteiger partial charge in [-0.25, -0.2) is 9.59 Å². The first-order valence-corrected chi connectivity index (χ1v) is 17.2. The van der Waals surface area contributed by atoms with Gasteiger partial charge in [0, 0.05) is 12.7 Å². The van der Waals surface area contributed by atoms with Gasteiger partial charge in [0.05, 0.1) is 39.6 Å². The molecule has 1 saturated heterocycles. The van der Waals surface area contributed by atoms with Gasteiger partial charge in [-0.05, 0) is 60.0 Å². The van der Waals surface area contributed by atoms with Crippen molar-refractivity contribution in [3.63, 3.8) is 0 Å².